The Balaban J connectivity index is 3.00. The van der Waals surface area contributed by atoms with Gasteiger partial charge in [0.25, 0.3) is 0 Å². The molecular formula is C13H19FO2. The first-order valence-corrected chi connectivity index (χ1v) is 5.39. The van der Waals surface area contributed by atoms with Gasteiger partial charge in [-0.2, -0.15) is 0 Å². The van der Waals surface area contributed by atoms with Gasteiger partial charge >= 0.3 is 0 Å². The quantitative estimate of drug-likeness (QED) is 0.855. The molecule has 0 saturated carbocycles. The van der Waals surface area contributed by atoms with E-state index in [0.717, 1.165) is 5.56 Å². The Morgan fingerprint density at radius 1 is 1.44 bits per heavy atom. The molecule has 0 aliphatic heterocycles. The molecule has 1 unspecified atom stereocenters. The van der Waals surface area contributed by atoms with Crippen molar-refractivity contribution in [1.29, 1.82) is 0 Å². The van der Waals surface area contributed by atoms with Crippen LogP contribution in [0.3, 0.4) is 0 Å². The van der Waals surface area contributed by atoms with Crippen LogP contribution >= 0.6 is 0 Å². The Bertz CT molecular complexity index is 359. The van der Waals surface area contributed by atoms with Crippen LogP contribution in [-0.4, -0.2) is 18.3 Å². The number of aliphatic hydroxyl groups excluding tert-OH is 1. The van der Waals surface area contributed by atoms with Crippen LogP contribution in [0.25, 0.3) is 0 Å². The SMILES string of the molecule is COc1ccc(C(C)(C)CC(C)O)cc1F. The van der Waals surface area contributed by atoms with Crippen LogP contribution in [0.5, 0.6) is 5.75 Å². The molecule has 1 aromatic carbocycles. The highest BCUT2D eigenvalue weighted by Gasteiger charge is 2.23. The lowest BCUT2D eigenvalue weighted by molar-refractivity contribution is 0.156. The highest BCUT2D eigenvalue weighted by molar-refractivity contribution is 5.33. The fourth-order valence-corrected chi connectivity index (χ4v) is 1.94. The zero-order valence-corrected chi connectivity index (χ0v) is 10.2. The largest absolute Gasteiger partial charge is 0.494 e. The Morgan fingerprint density at radius 3 is 2.50 bits per heavy atom. The van der Waals surface area contributed by atoms with Gasteiger partial charge in [-0.25, -0.2) is 4.39 Å². The molecule has 0 spiro atoms. The molecule has 0 aromatic heterocycles. The van der Waals surface area contributed by atoms with Gasteiger partial charge in [0.15, 0.2) is 11.6 Å². The van der Waals surface area contributed by atoms with Gasteiger partial charge in [-0.15, -0.1) is 0 Å². The average molecular weight is 226 g/mol. The molecule has 3 heteroatoms. The van der Waals surface area contributed by atoms with Gasteiger partial charge in [-0.3, -0.25) is 0 Å². The van der Waals surface area contributed by atoms with Crippen LogP contribution in [-0.2, 0) is 5.41 Å². The summed E-state index contributed by atoms with van der Waals surface area (Å²) in [6.45, 7) is 5.71. The standard InChI is InChI=1S/C13H19FO2/c1-9(15)8-13(2,3)10-5-6-12(16-4)11(14)7-10/h5-7,9,15H,8H2,1-4H3. The maximum absolute atomic E-state index is 13.5. The molecule has 0 amide bonds. The van der Waals surface area contributed by atoms with Crippen LogP contribution in [0.4, 0.5) is 4.39 Å². The third kappa shape index (κ3) is 2.95. The van der Waals surface area contributed by atoms with E-state index in [1.165, 1.54) is 13.2 Å². The van der Waals surface area contributed by atoms with Crippen molar-refractivity contribution >= 4 is 0 Å². The average Bonchev–Trinajstić information content (AvgIpc) is 2.15. The first kappa shape index (κ1) is 13.0. The van der Waals surface area contributed by atoms with Crippen molar-refractivity contribution in [2.45, 2.75) is 38.7 Å². The van der Waals surface area contributed by atoms with Gasteiger partial charge in [0.05, 0.1) is 13.2 Å². The molecule has 0 heterocycles. The predicted molar refractivity (Wildman–Crippen MR) is 62.3 cm³/mol. The molecule has 0 radical (unpaired) electrons. The molecular weight excluding hydrogens is 207 g/mol. The zero-order chi connectivity index (χ0) is 12.3. The lowest BCUT2D eigenvalue weighted by atomic mass is 9.80. The van der Waals surface area contributed by atoms with Crippen molar-refractivity contribution in [2.24, 2.45) is 0 Å². The molecule has 1 rings (SSSR count). The van der Waals surface area contributed by atoms with E-state index in [1.54, 1.807) is 13.0 Å². The highest BCUT2D eigenvalue weighted by atomic mass is 19.1. The molecule has 0 aliphatic carbocycles. The van der Waals surface area contributed by atoms with E-state index in [0.29, 0.717) is 6.42 Å². The molecule has 0 fully saturated rings. The van der Waals surface area contributed by atoms with E-state index >= 15 is 0 Å². The van der Waals surface area contributed by atoms with Crippen LogP contribution in [0.15, 0.2) is 18.2 Å². The van der Waals surface area contributed by atoms with E-state index in [1.807, 2.05) is 19.9 Å². The lowest BCUT2D eigenvalue weighted by Gasteiger charge is -2.27. The number of hydrogen-bond donors (Lipinski definition) is 1. The molecule has 16 heavy (non-hydrogen) atoms. The van der Waals surface area contributed by atoms with Gasteiger partial charge in [-0.1, -0.05) is 19.9 Å². The number of rotatable bonds is 4. The Hall–Kier alpha value is -1.09. The summed E-state index contributed by atoms with van der Waals surface area (Å²) in [4.78, 5) is 0. The second-order valence-corrected chi connectivity index (χ2v) is 4.79. The summed E-state index contributed by atoms with van der Waals surface area (Å²) in [7, 11) is 1.44. The van der Waals surface area contributed by atoms with Gasteiger partial charge in [-0.05, 0) is 36.5 Å². The number of halogens is 1. The minimum Gasteiger partial charge on any atom is -0.494 e. The fraction of sp³-hybridized carbons (Fsp3) is 0.538. The first-order chi connectivity index (χ1) is 7.36. The Kier molecular flexibility index (Phi) is 3.92. The summed E-state index contributed by atoms with van der Waals surface area (Å²) >= 11 is 0. The maximum Gasteiger partial charge on any atom is 0.165 e. The molecule has 0 aliphatic rings. The van der Waals surface area contributed by atoms with Crippen LogP contribution in [0.2, 0.25) is 0 Å². The number of ether oxygens (including phenoxy) is 1. The molecule has 2 nitrogen and oxygen atoms in total. The first-order valence-electron chi connectivity index (χ1n) is 5.39. The number of hydrogen-bond acceptors (Lipinski definition) is 2. The summed E-state index contributed by atoms with van der Waals surface area (Å²) in [6, 6.07) is 4.93. The molecule has 0 bridgehead atoms. The number of benzene rings is 1. The number of methoxy groups -OCH3 is 1. The minimum absolute atomic E-state index is 0.247. The zero-order valence-electron chi connectivity index (χ0n) is 10.2. The molecule has 0 saturated heterocycles. The van der Waals surface area contributed by atoms with E-state index in [4.69, 9.17) is 4.74 Å². The summed E-state index contributed by atoms with van der Waals surface area (Å²) < 4.78 is 18.4. The highest BCUT2D eigenvalue weighted by Crippen LogP contribution is 2.31. The van der Waals surface area contributed by atoms with Crippen molar-refractivity contribution in [3.8, 4) is 5.75 Å². The Morgan fingerprint density at radius 2 is 2.06 bits per heavy atom. The van der Waals surface area contributed by atoms with Gasteiger partial charge in [0, 0.05) is 0 Å². The summed E-state index contributed by atoms with van der Waals surface area (Å²) in [5.41, 5.74) is 0.619. The van der Waals surface area contributed by atoms with Gasteiger partial charge in [0.1, 0.15) is 0 Å². The van der Waals surface area contributed by atoms with E-state index in [-0.39, 0.29) is 17.0 Å². The van der Waals surface area contributed by atoms with Crippen molar-refractivity contribution < 1.29 is 14.2 Å². The summed E-state index contributed by atoms with van der Waals surface area (Å²) in [5, 5.41) is 9.40. The smallest absolute Gasteiger partial charge is 0.165 e. The molecule has 1 aromatic rings. The second kappa shape index (κ2) is 4.83. The van der Waals surface area contributed by atoms with Crippen molar-refractivity contribution in [3.05, 3.63) is 29.6 Å². The van der Waals surface area contributed by atoms with Crippen LogP contribution in [0.1, 0.15) is 32.8 Å². The van der Waals surface area contributed by atoms with E-state index in [2.05, 4.69) is 0 Å². The fourth-order valence-electron chi connectivity index (χ4n) is 1.94. The van der Waals surface area contributed by atoms with Gasteiger partial charge in [0.2, 0.25) is 0 Å². The van der Waals surface area contributed by atoms with Crippen molar-refractivity contribution in [3.63, 3.8) is 0 Å². The maximum atomic E-state index is 13.5. The van der Waals surface area contributed by atoms with E-state index in [9.17, 15) is 9.50 Å². The normalized spacial score (nSPS) is 13.6. The Labute approximate surface area is 96.1 Å². The van der Waals surface area contributed by atoms with Crippen LogP contribution < -0.4 is 4.74 Å². The predicted octanol–water partition coefficient (Wildman–Crippen LogP) is 2.88. The lowest BCUT2D eigenvalue weighted by Crippen LogP contribution is -2.23. The van der Waals surface area contributed by atoms with Crippen molar-refractivity contribution in [2.75, 3.05) is 7.11 Å². The molecule has 1 atom stereocenters. The minimum atomic E-state index is -0.403. The summed E-state index contributed by atoms with van der Waals surface area (Å²) in [6.07, 6.45) is 0.193. The third-order valence-electron chi connectivity index (χ3n) is 2.74. The molecule has 90 valence electrons. The van der Waals surface area contributed by atoms with Crippen LogP contribution in [0, 0.1) is 5.82 Å². The molecule has 1 N–H and O–H groups in total. The summed E-state index contributed by atoms with van der Waals surface area (Å²) in [5.74, 6) is -0.115. The third-order valence-corrected chi connectivity index (χ3v) is 2.74. The monoisotopic (exact) mass is 226 g/mol. The van der Waals surface area contributed by atoms with E-state index < -0.39 is 6.10 Å². The van der Waals surface area contributed by atoms with Crippen molar-refractivity contribution in [1.82, 2.24) is 0 Å². The second-order valence-electron chi connectivity index (χ2n) is 4.79. The van der Waals surface area contributed by atoms with Gasteiger partial charge < -0.3 is 9.84 Å². The number of aliphatic hydroxyl groups is 1. The topological polar surface area (TPSA) is 29.5 Å².